The van der Waals surface area contributed by atoms with Gasteiger partial charge in [0.15, 0.2) is 0 Å². The summed E-state index contributed by atoms with van der Waals surface area (Å²) >= 11 is 0. The van der Waals surface area contributed by atoms with Gasteiger partial charge in [0.1, 0.15) is 0 Å². The molecule has 0 aliphatic carbocycles. The van der Waals surface area contributed by atoms with Crippen LogP contribution in [0.5, 0.6) is 0 Å². The van der Waals surface area contributed by atoms with Crippen molar-refractivity contribution in [3.8, 4) is 27.9 Å². The Labute approximate surface area is 373 Å². The Bertz CT molecular complexity index is 4500. The Morgan fingerprint density at radius 2 is 0.723 bits per heavy atom. The summed E-state index contributed by atoms with van der Waals surface area (Å²) < 4.78 is 2.54. The van der Waals surface area contributed by atoms with E-state index < -0.39 is 0 Å². The lowest BCUT2D eigenvalue weighted by molar-refractivity contribution is 1.19. The number of benzene rings is 14. The third-order valence-electron chi connectivity index (χ3n) is 14.6. The molecule has 0 N–H and O–H groups in total. The quantitative estimate of drug-likeness (QED) is 0.157. The van der Waals surface area contributed by atoms with E-state index in [4.69, 9.17) is 0 Å². The van der Waals surface area contributed by atoms with Gasteiger partial charge in [-0.15, -0.1) is 0 Å². The maximum Gasteiger partial charge on any atom is 0.0626 e. The predicted molar refractivity (Wildman–Crippen MR) is 280 cm³/mol. The van der Waals surface area contributed by atoms with Crippen LogP contribution < -0.4 is 0 Å². The fourth-order valence-corrected chi connectivity index (χ4v) is 11.9. The lowest BCUT2D eigenvalue weighted by Gasteiger charge is -2.17. The van der Waals surface area contributed by atoms with Crippen molar-refractivity contribution in [1.82, 2.24) is 4.57 Å². The molecule has 0 fully saturated rings. The highest BCUT2D eigenvalue weighted by Gasteiger charge is 2.23. The SMILES string of the molecule is c1ccc(-c2ccc3ccc4c(-c5ccc6c(c5)c5ccccc5c5cc7c8c9ccccc9c9c%10ccccc%10ccc9c8n(-c8ccccc8)c7cc65)ccc5ccc2c3c54)cc1. The van der Waals surface area contributed by atoms with Gasteiger partial charge in [-0.1, -0.05) is 194 Å². The maximum absolute atomic E-state index is 2.54. The molecule has 0 saturated carbocycles. The van der Waals surface area contributed by atoms with Crippen molar-refractivity contribution in [3.63, 3.8) is 0 Å². The molecule has 15 aromatic rings. The van der Waals surface area contributed by atoms with E-state index in [2.05, 4.69) is 229 Å². The van der Waals surface area contributed by atoms with Crippen LogP contribution in [0.25, 0.3) is 147 Å². The summed E-state index contributed by atoms with van der Waals surface area (Å²) in [6.07, 6.45) is 0. The number of nitrogens with zero attached hydrogens (tertiary/aromatic N) is 1. The maximum atomic E-state index is 2.54. The summed E-state index contributed by atoms with van der Waals surface area (Å²) in [4.78, 5) is 0. The highest BCUT2D eigenvalue weighted by atomic mass is 15.0. The molecule has 1 heteroatoms. The van der Waals surface area contributed by atoms with Crippen molar-refractivity contribution >= 4 is 119 Å². The Balaban J connectivity index is 1.04. The molecule has 1 nitrogen and oxygen atoms in total. The Hall–Kier alpha value is -8.52. The molecule has 0 spiro atoms. The van der Waals surface area contributed by atoms with Crippen molar-refractivity contribution in [1.29, 1.82) is 0 Å². The molecule has 0 atom stereocenters. The monoisotopic (exact) mass is 819 g/mol. The van der Waals surface area contributed by atoms with E-state index in [0.717, 1.165) is 5.69 Å². The van der Waals surface area contributed by atoms with Crippen molar-refractivity contribution in [2.75, 3.05) is 0 Å². The minimum absolute atomic E-state index is 1.16. The second kappa shape index (κ2) is 13.0. The Morgan fingerprint density at radius 1 is 0.231 bits per heavy atom. The average Bonchev–Trinajstić information content (AvgIpc) is 3.72. The van der Waals surface area contributed by atoms with Gasteiger partial charge in [0.2, 0.25) is 0 Å². The van der Waals surface area contributed by atoms with Crippen LogP contribution in [0.3, 0.4) is 0 Å². The van der Waals surface area contributed by atoms with Crippen molar-refractivity contribution in [2.45, 2.75) is 0 Å². The first-order chi connectivity index (χ1) is 32.3. The van der Waals surface area contributed by atoms with E-state index in [1.807, 2.05) is 0 Å². The summed E-state index contributed by atoms with van der Waals surface area (Å²) in [5.41, 5.74) is 8.64. The van der Waals surface area contributed by atoms with Crippen molar-refractivity contribution in [2.24, 2.45) is 0 Å². The lowest BCUT2D eigenvalue weighted by Crippen LogP contribution is -1.95. The van der Waals surface area contributed by atoms with Crippen LogP contribution >= 0.6 is 0 Å². The lowest BCUT2D eigenvalue weighted by atomic mass is 9.86. The smallest absolute Gasteiger partial charge is 0.0626 e. The Kier molecular flexibility index (Phi) is 7.01. The van der Waals surface area contributed by atoms with Gasteiger partial charge in [-0.3, -0.25) is 0 Å². The molecule has 298 valence electrons. The van der Waals surface area contributed by atoms with E-state index in [1.165, 1.54) is 141 Å². The normalized spacial score (nSPS) is 12.3. The fraction of sp³-hybridized carbons (Fsp3) is 0. The minimum Gasteiger partial charge on any atom is -0.309 e. The molecule has 0 radical (unpaired) electrons. The van der Waals surface area contributed by atoms with Crippen LogP contribution in [0.1, 0.15) is 0 Å². The molecule has 0 aliphatic heterocycles. The van der Waals surface area contributed by atoms with Gasteiger partial charge < -0.3 is 4.57 Å². The van der Waals surface area contributed by atoms with Gasteiger partial charge in [0.05, 0.1) is 11.0 Å². The van der Waals surface area contributed by atoms with E-state index in [-0.39, 0.29) is 0 Å². The highest BCUT2D eigenvalue weighted by molar-refractivity contribution is 6.38. The molecule has 1 aromatic heterocycles. The highest BCUT2D eigenvalue weighted by Crippen LogP contribution is 2.48. The van der Waals surface area contributed by atoms with E-state index in [1.54, 1.807) is 0 Å². The van der Waals surface area contributed by atoms with Crippen LogP contribution in [0, 0.1) is 0 Å². The van der Waals surface area contributed by atoms with Crippen LogP contribution in [-0.4, -0.2) is 4.57 Å². The zero-order valence-corrected chi connectivity index (χ0v) is 35.3. The van der Waals surface area contributed by atoms with E-state index in [0.29, 0.717) is 0 Å². The number of hydrogen-bond donors (Lipinski definition) is 0. The van der Waals surface area contributed by atoms with E-state index in [9.17, 15) is 0 Å². The number of fused-ring (bicyclic) bond motifs is 16. The topological polar surface area (TPSA) is 4.93 Å². The first-order valence-corrected chi connectivity index (χ1v) is 22.7. The second-order valence-electron chi connectivity index (χ2n) is 17.9. The molecule has 0 bridgehead atoms. The second-order valence-corrected chi connectivity index (χ2v) is 17.9. The summed E-state index contributed by atoms with van der Waals surface area (Å²) in [5.74, 6) is 0. The first-order valence-electron chi connectivity index (χ1n) is 22.7. The average molecular weight is 820 g/mol. The van der Waals surface area contributed by atoms with E-state index >= 15 is 0 Å². The fourth-order valence-electron chi connectivity index (χ4n) is 11.9. The molecule has 0 amide bonds. The van der Waals surface area contributed by atoms with Crippen LogP contribution in [0.15, 0.2) is 224 Å². The zero-order chi connectivity index (χ0) is 42.3. The molecule has 65 heavy (non-hydrogen) atoms. The first kappa shape index (κ1) is 35.0. The van der Waals surface area contributed by atoms with Crippen LogP contribution in [0.2, 0.25) is 0 Å². The van der Waals surface area contributed by atoms with Crippen molar-refractivity contribution in [3.05, 3.63) is 224 Å². The van der Waals surface area contributed by atoms with Gasteiger partial charge in [-0.2, -0.15) is 0 Å². The molecular weight excluding hydrogens is 783 g/mol. The number of hydrogen-bond acceptors (Lipinski definition) is 0. The molecule has 1 heterocycles. The summed E-state index contributed by atoms with van der Waals surface area (Å²) in [5, 5.41) is 25.7. The van der Waals surface area contributed by atoms with Gasteiger partial charge in [-0.25, -0.2) is 0 Å². The van der Waals surface area contributed by atoms with Crippen LogP contribution in [-0.2, 0) is 0 Å². The molecule has 0 aliphatic rings. The molecule has 14 aromatic carbocycles. The Morgan fingerprint density at radius 3 is 1.43 bits per heavy atom. The third-order valence-corrected chi connectivity index (χ3v) is 14.6. The van der Waals surface area contributed by atoms with Gasteiger partial charge in [0, 0.05) is 21.8 Å². The number of aromatic nitrogens is 1. The standard InChI is InChI=1S/C64H37N/c1-3-13-38(14-4-1)44-29-24-40-27-33-53-45(30-25-41-26-32-52(44)60(40)61(41)53)42-28-31-49-55(35-42)47-19-9-10-20-48(47)56-36-58-59(37-57(49)56)65(43-16-5-2-6-17-43)64-54-34-23-39-15-7-8-18-46(39)62(54)50-21-11-12-22-51(50)63(58)64/h1-37H. The largest absolute Gasteiger partial charge is 0.309 e. The van der Waals surface area contributed by atoms with Gasteiger partial charge in [0.25, 0.3) is 0 Å². The predicted octanol–water partition coefficient (Wildman–Crippen LogP) is 17.9. The molecular formula is C64H37N. The number of para-hydroxylation sites is 1. The number of rotatable bonds is 3. The van der Waals surface area contributed by atoms with Gasteiger partial charge >= 0.3 is 0 Å². The summed E-state index contributed by atoms with van der Waals surface area (Å²) in [6.45, 7) is 0. The van der Waals surface area contributed by atoms with Gasteiger partial charge in [-0.05, 0) is 144 Å². The summed E-state index contributed by atoms with van der Waals surface area (Å²) in [7, 11) is 0. The third kappa shape index (κ3) is 4.77. The summed E-state index contributed by atoms with van der Waals surface area (Å²) in [6, 6.07) is 84.1. The minimum atomic E-state index is 1.16. The molecule has 15 rings (SSSR count). The van der Waals surface area contributed by atoms with Crippen LogP contribution in [0.4, 0.5) is 0 Å². The molecule has 0 unspecified atom stereocenters. The molecule has 0 saturated heterocycles. The zero-order valence-electron chi connectivity index (χ0n) is 35.3. The van der Waals surface area contributed by atoms with Crippen molar-refractivity contribution < 1.29 is 0 Å².